The Morgan fingerprint density at radius 3 is 2.40 bits per heavy atom. The van der Waals surface area contributed by atoms with E-state index in [4.69, 9.17) is 4.74 Å². The number of benzene rings is 1. The molecule has 0 aromatic heterocycles. The monoisotopic (exact) mass is 276 g/mol. The van der Waals surface area contributed by atoms with E-state index >= 15 is 0 Å². The Bertz CT molecular complexity index is 380. The number of hydrogen-bond donors (Lipinski definition) is 1. The second-order valence-electron chi connectivity index (χ2n) is 5.90. The maximum absolute atomic E-state index is 5.66. The molecule has 2 rings (SSSR count). The summed E-state index contributed by atoms with van der Waals surface area (Å²) in [5.41, 5.74) is 1.33. The Morgan fingerprint density at radius 2 is 1.85 bits per heavy atom. The molecular weight excluding hydrogens is 248 g/mol. The van der Waals surface area contributed by atoms with E-state index in [0.29, 0.717) is 6.04 Å². The van der Waals surface area contributed by atoms with E-state index in [0.717, 1.165) is 12.3 Å². The highest BCUT2D eigenvalue weighted by atomic mass is 16.5. The third-order valence-corrected chi connectivity index (χ3v) is 3.92. The van der Waals surface area contributed by atoms with Crippen molar-refractivity contribution in [3.8, 4) is 5.75 Å². The van der Waals surface area contributed by atoms with Crippen molar-refractivity contribution in [3.63, 3.8) is 0 Å². The molecule has 0 unspecified atom stereocenters. The van der Waals surface area contributed by atoms with Gasteiger partial charge in [-0.3, -0.25) is 0 Å². The number of hydrogen-bond acceptors (Lipinski definition) is 3. The molecule has 0 radical (unpaired) electrons. The highest BCUT2D eigenvalue weighted by molar-refractivity contribution is 5.27. The summed E-state index contributed by atoms with van der Waals surface area (Å²) in [6.45, 7) is 11.0. The van der Waals surface area contributed by atoms with Crippen LogP contribution in [0.25, 0.3) is 0 Å². The first kappa shape index (κ1) is 15.3. The maximum Gasteiger partial charge on any atom is 0.119 e. The molecule has 3 nitrogen and oxygen atoms in total. The average Bonchev–Trinajstić information content (AvgIpc) is 2.46. The SMILES string of the molecule is CCN1CCC(NCc2ccc(OC(C)C)cc2)CC1. The Morgan fingerprint density at radius 1 is 1.20 bits per heavy atom. The second kappa shape index (κ2) is 7.65. The molecule has 1 aliphatic heterocycles. The van der Waals surface area contributed by atoms with Crippen molar-refractivity contribution in [1.29, 1.82) is 0 Å². The molecule has 0 amide bonds. The van der Waals surface area contributed by atoms with Gasteiger partial charge in [-0.1, -0.05) is 19.1 Å². The highest BCUT2D eigenvalue weighted by Crippen LogP contribution is 2.15. The first-order valence-electron chi connectivity index (χ1n) is 7.88. The Kier molecular flexibility index (Phi) is 5.86. The van der Waals surface area contributed by atoms with Crippen molar-refractivity contribution < 1.29 is 4.74 Å². The molecule has 1 aromatic carbocycles. The van der Waals surface area contributed by atoms with Crippen molar-refractivity contribution in [2.75, 3.05) is 19.6 Å². The summed E-state index contributed by atoms with van der Waals surface area (Å²) >= 11 is 0. The average molecular weight is 276 g/mol. The van der Waals surface area contributed by atoms with E-state index in [1.165, 1.54) is 38.0 Å². The van der Waals surface area contributed by atoms with Gasteiger partial charge < -0.3 is 15.0 Å². The van der Waals surface area contributed by atoms with Crippen LogP contribution in [0.1, 0.15) is 39.2 Å². The lowest BCUT2D eigenvalue weighted by atomic mass is 10.0. The van der Waals surface area contributed by atoms with Crippen LogP contribution in [-0.2, 0) is 6.54 Å². The van der Waals surface area contributed by atoms with Gasteiger partial charge in [-0.05, 0) is 64.0 Å². The van der Waals surface area contributed by atoms with E-state index in [9.17, 15) is 0 Å². The summed E-state index contributed by atoms with van der Waals surface area (Å²) in [5, 5.41) is 3.68. The minimum absolute atomic E-state index is 0.239. The third kappa shape index (κ3) is 4.80. The van der Waals surface area contributed by atoms with Crippen LogP contribution < -0.4 is 10.1 Å². The van der Waals surface area contributed by atoms with Crippen LogP contribution in [0.2, 0.25) is 0 Å². The van der Waals surface area contributed by atoms with E-state index in [2.05, 4.69) is 55.3 Å². The molecule has 0 saturated carbocycles. The molecule has 0 bridgehead atoms. The number of piperidine rings is 1. The molecule has 1 heterocycles. The normalized spacial score (nSPS) is 17.6. The number of rotatable bonds is 6. The Balaban J connectivity index is 1.74. The Labute approximate surface area is 123 Å². The first-order valence-corrected chi connectivity index (χ1v) is 7.88. The van der Waals surface area contributed by atoms with Crippen molar-refractivity contribution >= 4 is 0 Å². The standard InChI is InChI=1S/C17H28N2O/c1-4-19-11-9-16(10-12-19)18-13-15-5-7-17(8-6-15)20-14(2)3/h5-8,14,16,18H,4,9-13H2,1-3H3. The minimum atomic E-state index is 0.239. The van der Waals surface area contributed by atoms with Crippen LogP contribution in [0.5, 0.6) is 5.75 Å². The molecule has 0 atom stereocenters. The number of nitrogens with zero attached hydrogens (tertiary/aromatic N) is 1. The van der Waals surface area contributed by atoms with E-state index in [-0.39, 0.29) is 6.10 Å². The van der Waals surface area contributed by atoms with Gasteiger partial charge in [-0.2, -0.15) is 0 Å². The predicted octanol–water partition coefficient (Wildman–Crippen LogP) is 3.05. The zero-order chi connectivity index (χ0) is 14.4. The largest absolute Gasteiger partial charge is 0.491 e. The molecule has 1 saturated heterocycles. The van der Waals surface area contributed by atoms with Gasteiger partial charge in [0.05, 0.1) is 6.10 Å². The first-order chi connectivity index (χ1) is 9.67. The lowest BCUT2D eigenvalue weighted by molar-refractivity contribution is 0.206. The number of likely N-dealkylation sites (tertiary alicyclic amines) is 1. The number of nitrogens with one attached hydrogen (secondary N) is 1. The van der Waals surface area contributed by atoms with Gasteiger partial charge in [0.2, 0.25) is 0 Å². The summed E-state index contributed by atoms with van der Waals surface area (Å²) in [7, 11) is 0. The second-order valence-corrected chi connectivity index (χ2v) is 5.90. The smallest absolute Gasteiger partial charge is 0.119 e. The zero-order valence-electron chi connectivity index (χ0n) is 13.1. The van der Waals surface area contributed by atoms with E-state index in [1.807, 2.05) is 0 Å². The van der Waals surface area contributed by atoms with Crippen molar-refractivity contribution in [2.45, 2.75) is 52.3 Å². The van der Waals surface area contributed by atoms with Gasteiger partial charge in [0.15, 0.2) is 0 Å². The minimum Gasteiger partial charge on any atom is -0.491 e. The van der Waals surface area contributed by atoms with Gasteiger partial charge in [0, 0.05) is 12.6 Å². The van der Waals surface area contributed by atoms with Gasteiger partial charge in [0.25, 0.3) is 0 Å². The fourth-order valence-corrected chi connectivity index (χ4v) is 2.67. The van der Waals surface area contributed by atoms with Crippen LogP contribution in [0, 0.1) is 0 Å². The van der Waals surface area contributed by atoms with Crippen molar-refractivity contribution in [1.82, 2.24) is 10.2 Å². The highest BCUT2D eigenvalue weighted by Gasteiger charge is 2.17. The maximum atomic E-state index is 5.66. The fraction of sp³-hybridized carbons (Fsp3) is 0.647. The predicted molar refractivity (Wildman–Crippen MR) is 84.2 cm³/mol. The molecular formula is C17H28N2O. The van der Waals surface area contributed by atoms with Crippen LogP contribution >= 0.6 is 0 Å². The summed E-state index contributed by atoms with van der Waals surface area (Å²) in [6.07, 6.45) is 2.77. The van der Waals surface area contributed by atoms with Crippen LogP contribution in [0.15, 0.2) is 24.3 Å². The van der Waals surface area contributed by atoms with Crippen LogP contribution in [-0.4, -0.2) is 36.7 Å². The zero-order valence-corrected chi connectivity index (χ0v) is 13.1. The summed E-state index contributed by atoms with van der Waals surface area (Å²) in [4.78, 5) is 2.52. The van der Waals surface area contributed by atoms with E-state index in [1.54, 1.807) is 0 Å². The van der Waals surface area contributed by atoms with Gasteiger partial charge in [-0.15, -0.1) is 0 Å². The molecule has 1 N–H and O–H groups in total. The van der Waals surface area contributed by atoms with Gasteiger partial charge >= 0.3 is 0 Å². The molecule has 1 aromatic rings. The Hall–Kier alpha value is -1.06. The van der Waals surface area contributed by atoms with E-state index < -0.39 is 0 Å². The lowest BCUT2D eigenvalue weighted by Gasteiger charge is -2.31. The molecule has 1 aliphatic rings. The summed E-state index contributed by atoms with van der Waals surface area (Å²) in [6, 6.07) is 9.12. The van der Waals surface area contributed by atoms with Gasteiger partial charge in [0.1, 0.15) is 5.75 Å². The molecule has 1 fully saturated rings. The molecule has 20 heavy (non-hydrogen) atoms. The molecule has 3 heteroatoms. The van der Waals surface area contributed by atoms with Crippen molar-refractivity contribution in [3.05, 3.63) is 29.8 Å². The summed E-state index contributed by atoms with van der Waals surface area (Å²) < 4.78 is 5.66. The molecule has 112 valence electrons. The van der Waals surface area contributed by atoms with Crippen LogP contribution in [0.4, 0.5) is 0 Å². The topological polar surface area (TPSA) is 24.5 Å². The molecule has 0 spiro atoms. The lowest BCUT2D eigenvalue weighted by Crippen LogP contribution is -2.42. The van der Waals surface area contributed by atoms with Gasteiger partial charge in [-0.25, -0.2) is 0 Å². The van der Waals surface area contributed by atoms with Crippen LogP contribution in [0.3, 0.4) is 0 Å². The summed E-state index contributed by atoms with van der Waals surface area (Å²) in [5.74, 6) is 0.958. The number of ether oxygens (including phenoxy) is 1. The quantitative estimate of drug-likeness (QED) is 0.864. The fourth-order valence-electron chi connectivity index (χ4n) is 2.67. The molecule has 0 aliphatic carbocycles. The van der Waals surface area contributed by atoms with Crippen molar-refractivity contribution in [2.24, 2.45) is 0 Å². The third-order valence-electron chi connectivity index (χ3n) is 3.92.